The number of rotatable bonds is 2. The van der Waals surface area contributed by atoms with Crippen LogP contribution in [0.3, 0.4) is 0 Å². The predicted octanol–water partition coefficient (Wildman–Crippen LogP) is 3.03. The summed E-state index contributed by atoms with van der Waals surface area (Å²) in [5, 5.41) is 3.80. The number of hydrogen-bond donors (Lipinski definition) is 1. The number of likely N-dealkylation sites (N-methyl/N-ethyl adjacent to an activating group) is 1. The maximum Gasteiger partial charge on any atom is 0.241 e. The van der Waals surface area contributed by atoms with Crippen molar-refractivity contribution in [1.29, 1.82) is 0 Å². The van der Waals surface area contributed by atoms with Crippen LogP contribution in [0.2, 0.25) is 10.0 Å². The van der Waals surface area contributed by atoms with E-state index in [1.54, 1.807) is 18.2 Å². The minimum atomic E-state index is -0.0375. The van der Waals surface area contributed by atoms with Crippen LogP contribution < -0.4 is 5.32 Å². The summed E-state index contributed by atoms with van der Waals surface area (Å²) >= 11 is 11.7. The molecule has 1 heterocycles. The Morgan fingerprint density at radius 3 is 2.76 bits per heavy atom. The number of carbonyl (C=O) groups excluding carboxylic acids is 1. The molecule has 1 aromatic carbocycles. The molecule has 1 aliphatic rings. The summed E-state index contributed by atoms with van der Waals surface area (Å²) in [4.78, 5) is 14.1. The first-order valence-corrected chi connectivity index (χ1v) is 6.29. The van der Waals surface area contributed by atoms with E-state index in [0.29, 0.717) is 15.7 Å². The Labute approximate surface area is 111 Å². The molecule has 17 heavy (non-hydrogen) atoms. The molecule has 0 spiro atoms. The molecule has 1 atom stereocenters. The van der Waals surface area contributed by atoms with Crippen LogP contribution in [0.25, 0.3) is 0 Å². The molecular formula is C12H14Cl2N2O. The monoisotopic (exact) mass is 272 g/mol. The average molecular weight is 273 g/mol. The van der Waals surface area contributed by atoms with Gasteiger partial charge in [0, 0.05) is 5.69 Å². The van der Waals surface area contributed by atoms with Crippen molar-refractivity contribution in [3.63, 3.8) is 0 Å². The lowest BCUT2D eigenvalue weighted by Crippen LogP contribution is -2.37. The Hall–Kier alpha value is -0.770. The summed E-state index contributed by atoms with van der Waals surface area (Å²) in [5.41, 5.74) is 0.685. The maximum absolute atomic E-state index is 12.0. The van der Waals surface area contributed by atoms with E-state index < -0.39 is 0 Å². The van der Waals surface area contributed by atoms with Gasteiger partial charge in [-0.05, 0) is 44.6 Å². The maximum atomic E-state index is 12.0. The van der Waals surface area contributed by atoms with Crippen molar-refractivity contribution < 1.29 is 4.79 Å². The fourth-order valence-corrected chi connectivity index (χ4v) is 2.34. The van der Waals surface area contributed by atoms with Gasteiger partial charge in [0.15, 0.2) is 0 Å². The highest BCUT2D eigenvalue weighted by Crippen LogP contribution is 2.25. The molecule has 1 N–H and O–H groups in total. The Morgan fingerprint density at radius 2 is 2.18 bits per heavy atom. The van der Waals surface area contributed by atoms with Gasteiger partial charge in [0.1, 0.15) is 0 Å². The molecule has 92 valence electrons. The topological polar surface area (TPSA) is 32.3 Å². The summed E-state index contributed by atoms with van der Waals surface area (Å²) in [6.45, 7) is 0.972. The SMILES string of the molecule is CN1CCCC1C(=O)Nc1ccc(Cl)c(Cl)c1. The highest BCUT2D eigenvalue weighted by Gasteiger charge is 2.27. The molecule has 5 heteroatoms. The quantitative estimate of drug-likeness (QED) is 0.898. The zero-order chi connectivity index (χ0) is 12.4. The number of benzene rings is 1. The Morgan fingerprint density at radius 1 is 1.41 bits per heavy atom. The van der Waals surface area contributed by atoms with Gasteiger partial charge in [0.05, 0.1) is 16.1 Å². The number of likely N-dealkylation sites (tertiary alicyclic amines) is 1. The molecule has 2 rings (SSSR count). The van der Waals surface area contributed by atoms with E-state index in [1.807, 2.05) is 7.05 Å². The van der Waals surface area contributed by atoms with E-state index in [-0.39, 0.29) is 11.9 Å². The van der Waals surface area contributed by atoms with Crippen LogP contribution in [0.4, 0.5) is 5.69 Å². The normalized spacial score (nSPS) is 20.5. The summed E-state index contributed by atoms with van der Waals surface area (Å²) in [7, 11) is 1.96. The van der Waals surface area contributed by atoms with E-state index in [9.17, 15) is 4.79 Å². The second-order valence-corrected chi connectivity index (χ2v) is 5.07. The fraction of sp³-hybridized carbons (Fsp3) is 0.417. The molecule has 1 aliphatic heterocycles. The van der Waals surface area contributed by atoms with Crippen LogP contribution in [0.5, 0.6) is 0 Å². The third kappa shape index (κ3) is 2.92. The van der Waals surface area contributed by atoms with E-state index in [4.69, 9.17) is 23.2 Å². The third-order valence-corrected chi connectivity index (χ3v) is 3.75. The molecule has 1 amide bonds. The van der Waals surface area contributed by atoms with Gasteiger partial charge >= 0.3 is 0 Å². The fourth-order valence-electron chi connectivity index (χ4n) is 2.04. The predicted molar refractivity (Wildman–Crippen MR) is 70.7 cm³/mol. The first-order valence-electron chi connectivity index (χ1n) is 5.54. The second-order valence-electron chi connectivity index (χ2n) is 4.26. The Kier molecular flexibility index (Phi) is 3.92. The number of amides is 1. The first-order chi connectivity index (χ1) is 8.08. The number of halogens is 2. The molecule has 0 bridgehead atoms. The van der Waals surface area contributed by atoms with Gasteiger partial charge < -0.3 is 5.32 Å². The molecule has 1 aromatic rings. The molecule has 1 saturated heterocycles. The van der Waals surface area contributed by atoms with Gasteiger partial charge in [-0.25, -0.2) is 0 Å². The van der Waals surface area contributed by atoms with Gasteiger partial charge in [-0.2, -0.15) is 0 Å². The van der Waals surface area contributed by atoms with Crippen molar-refractivity contribution in [2.75, 3.05) is 18.9 Å². The van der Waals surface area contributed by atoms with Crippen molar-refractivity contribution in [1.82, 2.24) is 4.90 Å². The minimum Gasteiger partial charge on any atom is -0.325 e. The van der Waals surface area contributed by atoms with Gasteiger partial charge in [0.25, 0.3) is 0 Å². The number of anilines is 1. The van der Waals surface area contributed by atoms with Crippen molar-refractivity contribution in [3.8, 4) is 0 Å². The second kappa shape index (κ2) is 5.25. The highest BCUT2D eigenvalue weighted by atomic mass is 35.5. The molecule has 1 fully saturated rings. The molecule has 0 radical (unpaired) electrons. The molecule has 0 saturated carbocycles. The third-order valence-electron chi connectivity index (χ3n) is 3.01. The summed E-state index contributed by atoms with van der Waals surface area (Å²) in [6.07, 6.45) is 1.97. The van der Waals surface area contributed by atoms with Crippen molar-refractivity contribution in [2.45, 2.75) is 18.9 Å². The minimum absolute atomic E-state index is 0.0170. The zero-order valence-electron chi connectivity index (χ0n) is 9.54. The Balaban J connectivity index is 2.05. The number of carbonyl (C=O) groups is 1. The highest BCUT2D eigenvalue weighted by molar-refractivity contribution is 6.42. The zero-order valence-corrected chi connectivity index (χ0v) is 11.1. The molecular weight excluding hydrogens is 259 g/mol. The van der Waals surface area contributed by atoms with E-state index >= 15 is 0 Å². The van der Waals surface area contributed by atoms with Gasteiger partial charge in [-0.15, -0.1) is 0 Å². The van der Waals surface area contributed by atoms with Crippen molar-refractivity contribution in [2.24, 2.45) is 0 Å². The van der Waals surface area contributed by atoms with Gasteiger partial charge in [-0.3, -0.25) is 9.69 Å². The number of nitrogens with one attached hydrogen (secondary N) is 1. The van der Waals surface area contributed by atoms with Crippen LogP contribution >= 0.6 is 23.2 Å². The molecule has 0 aliphatic carbocycles. The van der Waals surface area contributed by atoms with Crippen LogP contribution in [-0.4, -0.2) is 30.4 Å². The van der Waals surface area contributed by atoms with Crippen LogP contribution in [-0.2, 0) is 4.79 Å². The van der Waals surface area contributed by atoms with Gasteiger partial charge in [0.2, 0.25) is 5.91 Å². The lowest BCUT2D eigenvalue weighted by Gasteiger charge is -2.18. The molecule has 1 unspecified atom stereocenters. The van der Waals surface area contributed by atoms with E-state index in [2.05, 4.69) is 10.2 Å². The smallest absolute Gasteiger partial charge is 0.241 e. The van der Waals surface area contributed by atoms with Gasteiger partial charge in [-0.1, -0.05) is 23.2 Å². The molecule has 0 aromatic heterocycles. The lowest BCUT2D eigenvalue weighted by molar-refractivity contribution is -0.119. The number of hydrogen-bond acceptors (Lipinski definition) is 2. The molecule has 3 nitrogen and oxygen atoms in total. The van der Waals surface area contributed by atoms with Crippen LogP contribution in [0.1, 0.15) is 12.8 Å². The Bertz CT molecular complexity index is 437. The van der Waals surface area contributed by atoms with Crippen LogP contribution in [0.15, 0.2) is 18.2 Å². The van der Waals surface area contributed by atoms with E-state index in [0.717, 1.165) is 19.4 Å². The van der Waals surface area contributed by atoms with Crippen molar-refractivity contribution >= 4 is 34.8 Å². The summed E-state index contributed by atoms with van der Waals surface area (Å²) in [6, 6.07) is 5.06. The first kappa shape index (κ1) is 12.7. The largest absolute Gasteiger partial charge is 0.325 e. The lowest BCUT2D eigenvalue weighted by atomic mass is 10.2. The number of nitrogens with zero attached hydrogens (tertiary/aromatic N) is 1. The van der Waals surface area contributed by atoms with Crippen molar-refractivity contribution in [3.05, 3.63) is 28.2 Å². The van der Waals surface area contributed by atoms with E-state index in [1.165, 1.54) is 0 Å². The average Bonchev–Trinajstić information content (AvgIpc) is 2.70. The summed E-state index contributed by atoms with van der Waals surface area (Å²) < 4.78 is 0. The summed E-state index contributed by atoms with van der Waals surface area (Å²) in [5.74, 6) is 0.0170. The van der Waals surface area contributed by atoms with Crippen LogP contribution in [0, 0.1) is 0 Å². The standard InChI is InChI=1S/C12H14Cl2N2O/c1-16-6-2-3-11(16)12(17)15-8-4-5-9(13)10(14)7-8/h4-5,7,11H,2-3,6H2,1H3,(H,15,17).